The minimum Gasteiger partial charge on any atom is -0.365 e. The number of piperidine rings is 1. The quantitative estimate of drug-likeness (QED) is 0.565. The van der Waals surface area contributed by atoms with Crippen LogP contribution in [0.2, 0.25) is 0 Å². The Morgan fingerprint density at radius 2 is 1.67 bits per heavy atom. The van der Waals surface area contributed by atoms with E-state index in [4.69, 9.17) is 0 Å². The molecule has 0 aromatic heterocycles. The van der Waals surface area contributed by atoms with E-state index in [1.807, 2.05) is 4.90 Å². The molecule has 2 unspecified atom stereocenters. The fraction of sp³-hybridized carbons (Fsp3) is 0.364. The van der Waals surface area contributed by atoms with Crippen LogP contribution in [-0.2, 0) is 4.79 Å². The molecule has 0 radical (unpaired) electrons. The standard InChI is InChI=1S/C22H26N4O4/c1-14-9-15(2)13-25(12-14)20-8-7-17(10-21(20)26(29)30)22(28)24-19-6-4-5-18(11-19)23-16(3)27/h4-8,10-11,14-15H,9,12-13H2,1-3H3,(H,23,27)(H,24,28). The van der Waals surface area contributed by atoms with Crippen molar-refractivity contribution in [2.24, 2.45) is 11.8 Å². The van der Waals surface area contributed by atoms with Crippen LogP contribution in [0.3, 0.4) is 0 Å². The van der Waals surface area contributed by atoms with Crippen LogP contribution in [0.25, 0.3) is 0 Å². The number of hydrogen-bond acceptors (Lipinski definition) is 5. The summed E-state index contributed by atoms with van der Waals surface area (Å²) in [7, 11) is 0. The molecule has 2 amide bonds. The van der Waals surface area contributed by atoms with Crippen molar-refractivity contribution in [1.82, 2.24) is 0 Å². The van der Waals surface area contributed by atoms with E-state index < -0.39 is 10.8 Å². The van der Waals surface area contributed by atoms with E-state index in [2.05, 4.69) is 24.5 Å². The fourth-order valence-electron chi connectivity index (χ4n) is 4.02. The minimum absolute atomic E-state index is 0.0732. The van der Waals surface area contributed by atoms with Gasteiger partial charge in [0, 0.05) is 43.0 Å². The zero-order chi connectivity index (χ0) is 21.8. The molecule has 2 N–H and O–H groups in total. The molecule has 1 aliphatic rings. The summed E-state index contributed by atoms with van der Waals surface area (Å²) in [6, 6.07) is 11.3. The van der Waals surface area contributed by atoms with Crippen molar-refractivity contribution in [3.05, 3.63) is 58.1 Å². The van der Waals surface area contributed by atoms with Crippen LogP contribution in [0.1, 0.15) is 37.6 Å². The second-order valence-electron chi connectivity index (χ2n) is 8.03. The van der Waals surface area contributed by atoms with Crippen molar-refractivity contribution in [2.45, 2.75) is 27.2 Å². The van der Waals surface area contributed by atoms with Crippen LogP contribution in [-0.4, -0.2) is 29.8 Å². The number of carbonyl (C=O) groups excluding carboxylic acids is 2. The predicted molar refractivity (Wildman–Crippen MR) is 117 cm³/mol. The molecule has 8 nitrogen and oxygen atoms in total. The first-order chi connectivity index (χ1) is 14.2. The fourth-order valence-corrected chi connectivity index (χ4v) is 4.02. The number of nitrogens with zero attached hydrogens (tertiary/aromatic N) is 2. The summed E-state index contributed by atoms with van der Waals surface area (Å²) >= 11 is 0. The van der Waals surface area contributed by atoms with Gasteiger partial charge in [0.2, 0.25) is 5.91 Å². The van der Waals surface area contributed by atoms with Crippen LogP contribution in [0, 0.1) is 22.0 Å². The Bertz CT molecular complexity index is 965. The lowest BCUT2D eigenvalue weighted by molar-refractivity contribution is -0.384. The topological polar surface area (TPSA) is 105 Å². The van der Waals surface area contributed by atoms with Gasteiger partial charge in [-0.3, -0.25) is 19.7 Å². The zero-order valence-electron chi connectivity index (χ0n) is 17.3. The Morgan fingerprint density at radius 3 is 2.27 bits per heavy atom. The summed E-state index contributed by atoms with van der Waals surface area (Å²) in [6.07, 6.45) is 1.10. The third kappa shape index (κ3) is 5.14. The number of nitro benzene ring substituents is 1. The summed E-state index contributed by atoms with van der Waals surface area (Å²) in [4.78, 5) is 37.2. The van der Waals surface area contributed by atoms with Gasteiger partial charge in [-0.1, -0.05) is 19.9 Å². The monoisotopic (exact) mass is 410 g/mol. The van der Waals surface area contributed by atoms with E-state index in [1.165, 1.54) is 13.0 Å². The lowest BCUT2D eigenvalue weighted by Crippen LogP contribution is -2.39. The van der Waals surface area contributed by atoms with Gasteiger partial charge < -0.3 is 15.5 Å². The highest BCUT2D eigenvalue weighted by atomic mass is 16.6. The summed E-state index contributed by atoms with van der Waals surface area (Å²) in [5.74, 6) is 0.232. The molecule has 8 heteroatoms. The first-order valence-electron chi connectivity index (χ1n) is 9.95. The maximum absolute atomic E-state index is 12.7. The van der Waals surface area contributed by atoms with Crippen LogP contribution >= 0.6 is 0 Å². The van der Waals surface area contributed by atoms with Gasteiger partial charge in [0.15, 0.2) is 0 Å². The Morgan fingerprint density at radius 1 is 1.03 bits per heavy atom. The Hall–Kier alpha value is -3.42. The molecule has 2 aromatic carbocycles. The molecule has 3 rings (SSSR count). The van der Waals surface area contributed by atoms with Gasteiger partial charge in [-0.15, -0.1) is 0 Å². The Balaban J connectivity index is 1.83. The molecule has 2 aromatic rings. The maximum Gasteiger partial charge on any atom is 0.293 e. The SMILES string of the molecule is CC(=O)Nc1cccc(NC(=O)c2ccc(N3CC(C)CC(C)C3)c([N+](=O)[O-])c2)c1. The van der Waals surface area contributed by atoms with Crippen LogP contribution in [0.15, 0.2) is 42.5 Å². The highest BCUT2D eigenvalue weighted by Gasteiger charge is 2.27. The van der Waals surface area contributed by atoms with E-state index in [-0.39, 0.29) is 17.2 Å². The van der Waals surface area contributed by atoms with E-state index >= 15 is 0 Å². The molecular weight excluding hydrogens is 384 g/mol. The van der Waals surface area contributed by atoms with E-state index in [0.717, 1.165) is 19.5 Å². The molecule has 30 heavy (non-hydrogen) atoms. The third-order valence-electron chi connectivity index (χ3n) is 5.08. The number of nitrogens with one attached hydrogen (secondary N) is 2. The lowest BCUT2D eigenvalue weighted by atomic mass is 9.91. The van der Waals surface area contributed by atoms with Crippen LogP contribution < -0.4 is 15.5 Å². The Labute approximate surface area is 175 Å². The number of hydrogen-bond donors (Lipinski definition) is 2. The first-order valence-corrected chi connectivity index (χ1v) is 9.95. The largest absolute Gasteiger partial charge is 0.365 e. The average molecular weight is 410 g/mol. The summed E-state index contributed by atoms with van der Waals surface area (Å²) in [5, 5.41) is 17.1. The molecule has 0 aliphatic carbocycles. The highest BCUT2D eigenvalue weighted by molar-refractivity contribution is 6.05. The molecule has 158 valence electrons. The van der Waals surface area contributed by atoms with Gasteiger partial charge in [0.1, 0.15) is 5.69 Å². The van der Waals surface area contributed by atoms with Gasteiger partial charge in [-0.05, 0) is 48.6 Å². The predicted octanol–water partition coefficient (Wildman–Crippen LogP) is 4.29. The van der Waals surface area contributed by atoms with Crippen molar-refractivity contribution < 1.29 is 14.5 Å². The van der Waals surface area contributed by atoms with Gasteiger partial charge in [0.05, 0.1) is 4.92 Å². The van der Waals surface area contributed by atoms with Gasteiger partial charge >= 0.3 is 0 Å². The second kappa shape index (κ2) is 8.94. The minimum atomic E-state index is -0.454. The first kappa shape index (κ1) is 21.3. The van der Waals surface area contributed by atoms with Crippen molar-refractivity contribution in [1.29, 1.82) is 0 Å². The zero-order valence-corrected chi connectivity index (χ0v) is 17.3. The molecule has 1 heterocycles. The Kier molecular flexibility index (Phi) is 6.34. The normalized spacial score (nSPS) is 18.6. The van der Waals surface area contributed by atoms with E-state index in [1.54, 1.807) is 36.4 Å². The van der Waals surface area contributed by atoms with E-state index in [0.29, 0.717) is 28.9 Å². The molecule has 1 aliphatic heterocycles. The molecule has 2 atom stereocenters. The number of nitro groups is 1. The van der Waals surface area contributed by atoms with Gasteiger partial charge in [0.25, 0.3) is 11.6 Å². The molecule has 1 fully saturated rings. The number of benzene rings is 2. The van der Waals surface area contributed by atoms with Crippen molar-refractivity contribution in [2.75, 3.05) is 28.6 Å². The number of carbonyl (C=O) groups is 2. The third-order valence-corrected chi connectivity index (χ3v) is 5.08. The lowest BCUT2D eigenvalue weighted by Gasteiger charge is -2.36. The van der Waals surface area contributed by atoms with Crippen LogP contribution in [0.4, 0.5) is 22.7 Å². The smallest absolute Gasteiger partial charge is 0.293 e. The summed E-state index contributed by atoms with van der Waals surface area (Å²) in [6.45, 7) is 7.20. The molecule has 0 bridgehead atoms. The summed E-state index contributed by atoms with van der Waals surface area (Å²) < 4.78 is 0. The van der Waals surface area contributed by atoms with Crippen molar-refractivity contribution in [3.8, 4) is 0 Å². The summed E-state index contributed by atoms with van der Waals surface area (Å²) in [5.41, 5.74) is 1.71. The molecule has 0 saturated carbocycles. The molecule has 1 saturated heterocycles. The van der Waals surface area contributed by atoms with Gasteiger partial charge in [-0.2, -0.15) is 0 Å². The number of anilines is 3. The van der Waals surface area contributed by atoms with Crippen molar-refractivity contribution in [3.63, 3.8) is 0 Å². The van der Waals surface area contributed by atoms with Crippen molar-refractivity contribution >= 4 is 34.6 Å². The van der Waals surface area contributed by atoms with E-state index in [9.17, 15) is 19.7 Å². The average Bonchev–Trinajstić information content (AvgIpc) is 2.66. The number of amides is 2. The second-order valence-corrected chi connectivity index (χ2v) is 8.03. The van der Waals surface area contributed by atoms with Crippen LogP contribution in [0.5, 0.6) is 0 Å². The van der Waals surface area contributed by atoms with Gasteiger partial charge in [-0.25, -0.2) is 0 Å². The highest BCUT2D eigenvalue weighted by Crippen LogP contribution is 2.34. The maximum atomic E-state index is 12.7. The molecular formula is C22H26N4O4. The molecule has 0 spiro atoms. The number of rotatable bonds is 5.